The number of carbonyl (C=O) groups is 1. The highest BCUT2D eigenvalue weighted by molar-refractivity contribution is 5.74. The van der Waals surface area contributed by atoms with Crippen molar-refractivity contribution in [1.82, 2.24) is 0 Å². The van der Waals surface area contributed by atoms with Crippen LogP contribution in [-0.4, -0.2) is 23.8 Å². The van der Waals surface area contributed by atoms with Crippen molar-refractivity contribution in [2.24, 2.45) is 5.92 Å². The van der Waals surface area contributed by atoms with E-state index in [0.29, 0.717) is 6.42 Å². The summed E-state index contributed by atoms with van der Waals surface area (Å²) in [6.07, 6.45) is 0.419. The second-order valence-corrected chi connectivity index (χ2v) is 2.38. The van der Waals surface area contributed by atoms with Gasteiger partial charge >= 0.3 is 5.97 Å². The third-order valence-electron chi connectivity index (χ3n) is 1.51. The fraction of sp³-hybridized carbons (Fsp3) is 0.625. The molecule has 11 heavy (non-hydrogen) atoms. The van der Waals surface area contributed by atoms with Gasteiger partial charge in [-0.1, -0.05) is 6.92 Å². The van der Waals surface area contributed by atoms with Crippen LogP contribution in [0.3, 0.4) is 0 Å². The molecule has 3 heteroatoms. The van der Waals surface area contributed by atoms with Crippen LogP contribution in [0.1, 0.15) is 13.3 Å². The molecular weight excluding hydrogens is 144 g/mol. The summed E-state index contributed by atoms with van der Waals surface area (Å²) < 4.78 is 4.73. The van der Waals surface area contributed by atoms with E-state index in [2.05, 4.69) is 13.2 Å². The Balaban J connectivity index is 0.000000461. The van der Waals surface area contributed by atoms with Crippen LogP contribution in [0.15, 0.2) is 13.2 Å². The zero-order valence-electron chi connectivity index (χ0n) is 6.75. The van der Waals surface area contributed by atoms with Crippen LogP contribution < -0.4 is 0 Å². The zero-order valence-corrected chi connectivity index (χ0v) is 6.75. The monoisotopic (exact) mass is 158 g/mol. The lowest BCUT2D eigenvalue weighted by Gasteiger charge is -2.01. The Labute approximate surface area is 66.7 Å². The molecule has 0 saturated carbocycles. The van der Waals surface area contributed by atoms with Gasteiger partial charge in [-0.05, 0) is 6.42 Å². The summed E-state index contributed by atoms with van der Waals surface area (Å²) in [6, 6.07) is 0. The van der Waals surface area contributed by atoms with Gasteiger partial charge in [0.25, 0.3) is 0 Å². The Kier molecular flexibility index (Phi) is 4.54. The van der Waals surface area contributed by atoms with Gasteiger partial charge in [0.2, 0.25) is 0 Å². The number of aliphatic hydroxyl groups is 1. The van der Waals surface area contributed by atoms with Crippen molar-refractivity contribution in [2.45, 2.75) is 19.4 Å². The molecule has 1 heterocycles. The lowest BCUT2D eigenvalue weighted by molar-refractivity contribution is -0.145. The van der Waals surface area contributed by atoms with Gasteiger partial charge < -0.3 is 9.84 Å². The van der Waals surface area contributed by atoms with Crippen molar-refractivity contribution in [1.29, 1.82) is 0 Å². The Morgan fingerprint density at radius 1 is 1.73 bits per heavy atom. The molecule has 2 atom stereocenters. The van der Waals surface area contributed by atoms with Crippen LogP contribution in [-0.2, 0) is 9.53 Å². The number of esters is 1. The summed E-state index contributed by atoms with van der Waals surface area (Å²) in [6.45, 7) is 7.76. The first-order chi connectivity index (χ1) is 5.24. The van der Waals surface area contributed by atoms with Gasteiger partial charge in [-0.3, -0.25) is 4.79 Å². The van der Waals surface area contributed by atoms with E-state index in [1.807, 2.05) is 0 Å². The van der Waals surface area contributed by atoms with E-state index >= 15 is 0 Å². The average molecular weight is 158 g/mol. The molecule has 1 saturated heterocycles. The van der Waals surface area contributed by atoms with Crippen LogP contribution in [0, 0.1) is 5.92 Å². The summed E-state index contributed by atoms with van der Waals surface area (Å²) >= 11 is 0. The smallest absolute Gasteiger partial charge is 0.309 e. The standard InChI is InChI=1S/C6H10O3.C2H4/c1-4-2-5(3-7)9-6(4)8;1-2/h4-5,7H,2-3H2,1H3;1-2H2. The number of carbonyl (C=O) groups excluding carboxylic acids is 1. The second kappa shape index (κ2) is 4.91. The molecule has 0 amide bonds. The highest BCUT2D eigenvalue weighted by atomic mass is 16.6. The van der Waals surface area contributed by atoms with Crippen LogP contribution in [0.2, 0.25) is 0 Å². The summed E-state index contributed by atoms with van der Waals surface area (Å²) in [5, 5.41) is 8.52. The van der Waals surface area contributed by atoms with Crippen molar-refractivity contribution in [3.63, 3.8) is 0 Å². The van der Waals surface area contributed by atoms with Crippen molar-refractivity contribution >= 4 is 5.97 Å². The Morgan fingerprint density at radius 3 is 2.45 bits per heavy atom. The second-order valence-electron chi connectivity index (χ2n) is 2.38. The van der Waals surface area contributed by atoms with E-state index in [0.717, 1.165) is 0 Å². The molecule has 1 N–H and O–H groups in total. The molecule has 0 bridgehead atoms. The lowest BCUT2D eigenvalue weighted by Crippen LogP contribution is -2.10. The third-order valence-corrected chi connectivity index (χ3v) is 1.51. The first-order valence-electron chi connectivity index (χ1n) is 3.55. The maximum Gasteiger partial charge on any atom is 0.309 e. The van der Waals surface area contributed by atoms with E-state index in [4.69, 9.17) is 9.84 Å². The molecule has 0 aliphatic carbocycles. The molecule has 0 spiro atoms. The topological polar surface area (TPSA) is 46.5 Å². The molecule has 0 aromatic carbocycles. The minimum atomic E-state index is -0.243. The zero-order chi connectivity index (χ0) is 8.85. The number of cyclic esters (lactones) is 1. The first kappa shape index (κ1) is 10.2. The van der Waals surface area contributed by atoms with Gasteiger partial charge in [0.05, 0.1) is 12.5 Å². The van der Waals surface area contributed by atoms with Gasteiger partial charge in [-0.15, -0.1) is 13.2 Å². The Morgan fingerprint density at radius 2 is 2.27 bits per heavy atom. The van der Waals surface area contributed by atoms with Gasteiger partial charge in [-0.25, -0.2) is 0 Å². The molecular formula is C8H14O3. The molecule has 64 valence electrons. The van der Waals surface area contributed by atoms with Crippen molar-refractivity contribution < 1.29 is 14.6 Å². The predicted molar refractivity (Wildman–Crippen MR) is 42.0 cm³/mol. The Bertz CT molecular complexity index is 133. The van der Waals surface area contributed by atoms with Crippen LogP contribution in [0.5, 0.6) is 0 Å². The quantitative estimate of drug-likeness (QED) is 0.452. The molecule has 0 radical (unpaired) electrons. The van der Waals surface area contributed by atoms with Crippen molar-refractivity contribution in [3.8, 4) is 0 Å². The van der Waals surface area contributed by atoms with Gasteiger partial charge in [0.15, 0.2) is 0 Å². The Hall–Kier alpha value is -0.830. The highest BCUT2D eigenvalue weighted by Gasteiger charge is 2.29. The first-order valence-corrected chi connectivity index (χ1v) is 3.55. The van der Waals surface area contributed by atoms with Gasteiger partial charge in [0.1, 0.15) is 6.10 Å². The van der Waals surface area contributed by atoms with Crippen LogP contribution in [0.4, 0.5) is 0 Å². The maximum absolute atomic E-state index is 10.6. The number of rotatable bonds is 1. The number of ether oxygens (including phenoxy) is 1. The van der Waals surface area contributed by atoms with Crippen molar-refractivity contribution in [2.75, 3.05) is 6.61 Å². The molecule has 3 nitrogen and oxygen atoms in total. The van der Waals surface area contributed by atoms with Gasteiger partial charge in [0, 0.05) is 0 Å². The minimum absolute atomic E-state index is 0.0258. The summed E-state index contributed by atoms with van der Waals surface area (Å²) in [7, 11) is 0. The third kappa shape index (κ3) is 2.72. The van der Waals surface area contributed by atoms with E-state index in [1.165, 1.54) is 0 Å². The summed E-state index contributed by atoms with van der Waals surface area (Å²) in [5.41, 5.74) is 0. The van der Waals surface area contributed by atoms with E-state index < -0.39 is 0 Å². The van der Waals surface area contributed by atoms with E-state index in [9.17, 15) is 4.79 Å². The molecule has 0 aromatic heterocycles. The summed E-state index contributed by atoms with van der Waals surface area (Å²) in [5.74, 6) is -0.212. The highest BCUT2D eigenvalue weighted by Crippen LogP contribution is 2.19. The molecule has 1 aliphatic rings. The van der Waals surface area contributed by atoms with Gasteiger partial charge in [-0.2, -0.15) is 0 Å². The molecule has 1 fully saturated rings. The normalized spacial score (nSPS) is 28.7. The largest absolute Gasteiger partial charge is 0.460 e. The SMILES string of the molecule is C=C.CC1CC(CO)OC1=O. The van der Waals surface area contributed by atoms with Crippen LogP contribution >= 0.6 is 0 Å². The minimum Gasteiger partial charge on any atom is -0.460 e. The van der Waals surface area contributed by atoms with E-state index in [1.54, 1.807) is 6.92 Å². The number of hydrogen-bond acceptors (Lipinski definition) is 3. The molecule has 1 aliphatic heterocycles. The average Bonchev–Trinajstić information content (AvgIpc) is 2.36. The molecule has 0 aromatic rings. The lowest BCUT2D eigenvalue weighted by atomic mass is 10.1. The number of hydrogen-bond donors (Lipinski definition) is 1. The molecule has 1 rings (SSSR count). The predicted octanol–water partition coefficient (Wildman–Crippen LogP) is 0.732. The molecule has 2 unspecified atom stereocenters. The fourth-order valence-corrected chi connectivity index (χ4v) is 0.931. The summed E-state index contributed by atoms with van der Waals surface area (Å²) in [4.78, 5) is 10.6. The van der Waals surface area contributed by atoms with Crippen LogP contribution in [0.25, 0.3) is 0 Å². The maximum atomic E-state index is 10.6. The fourth-order valence-electron chi connectivity index (χ4n) is 0.931. The number of aliphatic hydroxyl groups excluding tert-OH is 1. The van der Waals surface area contributed by atoms with Crippen molar-refractivity contribution in [3.05, 3.63) is 13.2 Å². The van der Waals surface area contributed by atoms with E-state index in [-0.39, 0.29) is 24.6 Å².